The monoisotopic (exact) mass is 242 g/mol. The summed E-state index contributed by atoms with van der Waals surface area (Å²) in [6, 6.07) is 0.235. The van der Waals surface area contributed by atoms with Gasteiger partial charge in [0.1, 0.15) is 5.84 Å². The van der Waals surface area contributed by atoms with Gasteiger partial charge in [0.2, 0.25) is 0 Å². The van der Waals surface area contributed by atoms with Crippen LogP contribution in [-0.2, 0) is 6.54 Å². The zero-order valence-corrected chi connectivity index (χ0v) is 10.4. The number of nitrogens with two attached hydrogens (primary N) is 1. The first-order chi connectivity index (χ1) is 7.65. The maximum absolute atomic E-state index is 8.50. The number of rotatable bonds is 6. The maximum Gasteiger partial charge on any atom is 0.140 e. The van der Waals surface area contributed by atoms with Crippen LogP contribution in [0.4, 0.5) is 0 Å². The van der Waals surface area contributed by atoms with Gasteiger partial charge in [-0.05, 0) is 13.3 Å². The zero-order chi connectivity index (χ0) is 12.0. The third-order valence-corrected chi connectivity index (χ3v) is 3.22. The molecule has 0 amide bonds. The van der Waals surface area contributed by atoms with E-state index < -0.39 is 0 Å². The lowest BCUT2D eigenvalue weighted by Gasteiger charge is -2.15. The summed E-state index contributed by atoms with van der Waals surface area (Å²) in [5, 5.41) is 15.9. The lowest BCUT2D eigenvalue weighted by Crippen LogP contribution is -2.32. The van der Waals surface area contributed by atoms with E-state index in [1.165, 1.54) is 4.88 Å². The number of hydrogen-bond donors (Lipinski definition) is 3. The highest BCUT2D eigenvalue weighted by atomic mass is 32.1. The molecule has 0 saturated heterocycles. The van der Waals surface area contributed by atoms with E-state index in [-0.39, 0.29) is 11.9 Å². The fraction of sp³-hybridized carbons (Fsp3) is 0.600. The van der Waals surface area contributed by atoms with Gasteiger partial charge in [0.25, 0.3) is 0 Å². The van der Waals surface area contributed by atoms with Crippen molar-refractivity contribution in [3.63, 3.8) is 0 Å². The minimum atomic E-state index is 0.235. The highest BCUT2D eigenvalue weighted by molar-refractivity contribution is 7.11. The number of hydrogen-bond acceptors (Lipinski definition) is 5. The Labute approximate surface area is 99.4 Å². The van der Waals surface area contributed by atoms with E-state index in [4.69, 9.17) is 10.9 Å². The molecule has 1 atom stereocenters. The quantitative estimate of drug-likeness (QED) is 0.305. The minimum Gasteiger partial charge on any atom is -0.409 e. The predicted octanol–water partition coefficient (Wildman–Crippen LogP) is 1.46. The van der Waals surface area contributed by atoms with Crippen LogP contribution in [0, 0.1) is 6.92 Å². The molecule has 1 heterocycles. The second kappa shape index (κ2) is 6.44. The average molecular weight is 242 g/mol. The van der Waals surface area contributed by atoms with Crippen LogP contribution >= 0.6 is 11.3 Å². The van der Waals surface area contributed by atoms with Gasteiger partial charge < -0.3 is 16.3 Å². The highest BCUT2D eigenvalue weighted by Gasteiger charge is 2.09. The largest absolute Gasteiger partial charge is 0.409 e. The first kappa shape index (κ1) is 12.9. The molecule has 16 heavy (non-hydrogen) atoms. The minimum absolute atomic E-state index is 0.235. The molecular formula is C10H18N4OS. The van der Waals surface area contributed by atoms with Crippen molar-refractivity contribution in [3.8, 4) is 0 Å². The van der Waals surface area contributed by atoms with Gasteiger partial charge in [0.05, 0.1) is 5.01 Å². The molecule has 0 saturated carbocycles. The Morgan fingerprint density at radius 1 is 1.75 bits per heavy atom. The molecule has 0 fully saturated rings. The summed E-state index contributed by atoms with van der Waals surface area (Å²) in [6.45, 7) is 4.84. The molecule has 4 N–H and O–H groups in total. The Morgan fingerprint density at radius 2 is 2.50 bits per heavy atom. The summed E-state index contributed by atoms with van der Waals surface area (Å²) < 4.78 is 0. The molecule has 0 spiro atoms. The summed E-state index contributed by atoms with van der Waals surface area (Å²) in [6.07, 6.45) is 3.38. The number of nitrogens with one attached hydrogen (secondary N) is 1. The summed E-state index contributed by atoms with van der Waals surface area (Å²) in [5.41, 5.74) is 5.47. The molecule has 0 radical (unpaired) electrons. The number of nitrogens with zero attached hydrogens (tertiary/aromatic N) is 2. The smallest absolute Gasteiger partial charge is 0.140 e. The van der Waals surface area contributed by atoms with Crippen LogP contribution < -0.4 is 11.1 Å². The van der Waals surface area contributed by atoms with Crippen LogP contribution in [0.15, 0.2) is 11.4 Å². The Balaban J connectivity index is 2.39. The normalized spacial score (nSPS) is 14.0. The maximum atomic E-state index is 8.50. The van der Waals surface area contributed by atoms with E-state index in [9.17, 15) is 0 Å². The van der Waals surface area contributed by atoms with Gasteiger partial charge in [-0.1, -0.05) is 12.1 Å². The van der Waals surface area contributed by atoms with Gasteiger partial charge in [0, 0.05) is 30.1 Å². The Bertz CT molecular complexity index is 350. The topological polar surface area (TPSA) is 83.5 Å². The number of amidine groups is 1. The summed E-state index contributed by atoms with van der Waals surface area (Å²) in [7, 11) is 0. The molecular weight excluding hydrogens is 224 g/mol. The van der Waals surface area contributed by atoms with E-state index in [2.05, 4.69) is 22.4 Å². The third kappa shape index (κ3) is 4.16. The van der Waals surface area contributed by atoms with Crippen molar-refractivity contribution in [1.29, 1.82) is 0 Å². The zero-order valence-electron chi connectivity index (χ0n) is 9.60. The van der Waals surface area contributed by atoms with E-state index in [1.807, 2.05) is 13.1 Å². The van der Waals surface area contributed by atoms with Crippen molar-refractivity contribution in [2.24, 2.45) is 10.9 Å². The second-order valence-corrected chi connectivity index (χ2v) is 4.95. The van der Waals surface area contributed by atoms with Crippen molar-refractivity contribution in [1.82, 2.24) is 10.3 Å². The third-order valence-electron chi connectivity index (χ3n) is 2.31. The summed E-state index contributed by atoms with van der Waals surface area (Å²) in [4.78, 5) is 5.39. The molecule has 0 aliphatic carbocycles. The fourth-order valence-corrected chi connectivity index (χ4v) is 2.13. The molecule has 0 aliphatic heterocycles. The highest BCUT2D eigenvalue weighted by Crippen LogP contribution is 2.11. The van der Waals surface area contributed by atoms with Crippen molar-refractivity contribution in [2.45, 2.75) is 39.3 Å². The molecule has 1 aromatic rings. The SMILES string of the molecule is CCC(CC(N)=NO)NCc1cnc(C)s1. The van der Waals surface area contributed by atoms with Crippen LogP contribution in [0.25, 0.3) is 0 Å². The van der Waals surface area contributed by atoms with Gasteiger partial charge in [-0.3, -0.25) is 0 Å². The molecule has 1 unspecified atom stereocenters. The van der Waals surface area contributed by atoms with E-state index in [1.54, 1.807) is 11.3 Å². The van der Waals surface area contributed by atoms with Gasteiger partial charge in [-0.25, -0.2) is 4.98 Å². The molecule has 1 rings (SSSR count). The van der Waals surface area contributed by atoms with E-state index >= 15 is 0 Å². The van der Waals surface area contributed by atoms with Crippen LogP contribution in [-0.4, -0.2) is 22.1 Å². The van der Waals surface area contributed by atoms with Crippen LogP contribution in [0.3, 0.4) is 0 Å². The van der Waals surface area contributed by atoms with Crippen molar-refractivity contribution < 1.29 is 5.21 Å². The average Bonchev–Trinajstić information content (AvgIpc) is 2.69. The number of oxime groups is 1. The number of thiazole rings is 1. The molecule has 5 nitrogen and oxygen atoms in total. The van der Waals surface area contributed by atoms with Gasteiger partial charge in [0.15, 0.2) is 0 Å². The van der Waals surface area contributed by atoms with Gasteiger partial charge in [-0.2, -0.15) is 0 Å². The predicted molar refractivity (Wildman–Crippen MR) is 65.8 cm³/mol. The van der Waals surface area contributed by atoms with Gasteiger partial charge >= 0.3 is 0 Å². The van der Waals surface area contributed by atoms with E-state index in [0.717, 1.165) is 18.0 Å². The van der Waals surface area contributed by atoms with Crippen molar-refractivity contribution in [2.75, 3.05) is 0 Å². The molecule has 0 aliphatic rings. The van der Waals surface area contributed by atoms with Crippen LogP contribution in [0.2, 0.25) is 0 Å². The van der Waals surface area contributed by atoms with E-state index in [0.29, 0.717) is 6.42 Å². The number of aromatic nitrogens is 1. The first-order valence-corrected chi connectivity index (χ1v) is 6.08. The lowest BCUT2D eigenvalue weighted by molar-refractivity contribution is 0.315. The first-order valence-electron chi connectivity index (χ1n) is 5.26. The van der Waals surface area contributed by atoms with Gasteiger partial charge in [-0.15, -0.1) is 11.3 Å². The molecule has 6 heteroatoms. The summed E-state index contributed by atoms with van der Waals surface area (Å²) >= 11 is 1.68. The summed E-state index contributed by atoms with van der Waals surface area (Å²) in [5.74, 6) is 0.264. The van der Waals surface area contributed by atoms with Crippen LogP contribution in [0.1, 0.15) is 29.7 Å². The fourth-order valence-electron chi connectivity index (χ4n) is 1.39. The standard InChI is InChI=1S/C10H18N4OS/c1-3-8(4-10(11)14-15)13-6-9-5-12-7(2)16-9/h5,8,13,15H,3-4,6H2,1-2H3,(H2,11,14). The molecule has 1 aromatic heterocycles. The molecule has 0 aromatic carbocycles. The van der Waals surface area contributed by atoms with Crippen LogP contribution in [0.5, 0.6) is 0 Å². The lowest BCUT2D eigenvalue weighted by atomic mass is 10.1. The Morgan fingerprint density at radius 3 is 3.00 bits per heavy atom. The second-order valence-electron chi connectivity index (χ2n) is 3.63. The molecule has 0 bridgehead atoms. The van der Waals surface area contributed by atoms with Crippen molar-refractivity contribution in [3.05, 3.63) is 16.1 Å². The van der Waals surface area contributed by atoms with Crippen molar-refractivity contribution >= 4 is 17.2 Å². The Kier molecular flexibility index (Phi) is 5.21. The molecule has 90 valence electrons. The number of aryl methyl sites for hydroxylation is 1. The Hall–Kier alpha value is -1.14.